The number of hydrogen-bond donors (Lipinski definition) is 0. The maximum absolute atomic E-state index is 12.6. The van der Waals surface area contributed by atoms with Gasteiger partial charge in [0.15, 0.2) is 0 Å². The van der Waals surface area contributed by atoms with Crippen LogP contribution in [0.4, 0.5) is 8.78 Å². The molecule has 18 heavy (non-hydrogen) atoms. The Hall–Kier alpha value is -1.30. The number of ether oxygens (including phenoxy) is 1. The van der Waals surface area contributed by atoms with Crippen LogP contribution in [0.2, 0.25) is 0 Å². The summed E-state index contributed by atoms with van der Waals surface area (Å²) in [6, 6.07) is 2.83. The zero-order valence-electron chi connectivity index (χ0n) is 9.41. The van der Waals surface area contributed by atoms with Gasteiger partial charge < -0.3 is 4.74 Å². The summed E-state index contributed by atoms with van der Waals surface area (Å²) < 4.78 is 30.3. The molecule has 1 heterocycles. The Balaban J connectivity index is 3.14. The van der Waals surface area contributed by atoms with Crippen LogP contribution in [0.5, 0.6) is 0 Å². The second-order valence-electron chi connectivity index (χ2n) is 3.25. The van der Waals surface area contributed by atoms with Gasteiger partial charge in [-0.05, 0) is 35.6 Å². The van der Waals surface area contributed by atoms with Crippen molar-refractivity contribution in [2.24, 2.45) is 0 Å². The van der Waals surface area contributed by atoms with Gasteiger partial charge in [-0.3, -0.25) is 9.78 Å². The molecular weight excluding hydrogens is 357 g/mol. The molecule has 1 rings (SSSR count). The Bertz CT molecular complexity index is 501. The van der Waals surface area contributed by atoms with Crippen molar-refractivity contribution in [1.29, 1.82) is 5.26 Å². The molecule has 0 aliphatic rings. The third kappa shape index (κ3) is 3.60. The number of alkyl halides is 2. The van der Waals surface area contributed by atoms with Crippen molar-refractivity contribution in [1.82, 2.24) is 4.98 Å². The summed E-state index contributed by atoms with van der Waals surface area (Å²) in [4.78, 5) is 15.0. The van der Waals surface area contributed by atoms with Gasteiger partial charge >= 0.3 is 5.97 Å². The van der Waals surface area contributed by atoms with Crippen LogP contribution in [-0.4, -0.2) is 17.6 Å². The Morgan fingerprint density at radius 2 is 2.33 bits per heavy atom. The van der Waals surface area contributed by atoms with Gasteiger partial charge in [0, 0.05) is 0 Å². The number of nitrogens with zero attached hydrogens (tertiary/aromatic N) is 2. The molecule has 96 valence electrons. The molecule has 0 N–H and O–H groups in total. The molecule has 0 bridgehead atoms. The van der Waals surface area contributed by atoms with E-state index in [1.54, 1.807) is 35.6 Å². The Kier molecular flexibility index (Phi) is 5.40. The molecule has 0 saturated heterocycles. The third-order valence-electron chi connectivity index (χ3n) is 2.01. The van der Waals surface area contributed by atoms with Crippen molar-refractivity contribution in [3.8, 4) is 6.07 Å². The molecule has 0 unspecified atom stereocenters. The van der Waals surface area contributed by atoms with Crippen LogP contribution in [0.15, 0.2) is 6.07 Å². The average Bonchev–Trinajstić information content (AvgIpc) is 2.31. The van der Waals surface area contributed by atoms with Gasteiger partial charge in [0.25, 0.3) is 6.43 Å². The smallest absolute Gasteiger partial charge is 0.311 e. The fourth-order valence-electron chi connectivity index (χ4n) is 1.26. The van der Waals surface area contributed by atoms with Crippen LogP contribution >= 0.6 is 22.6 Å². The number of esters is 1. The molecule has 0 amide bonds. The lowest BCUT2D eigenvalue weighted by atomic mass is 10.1. The van der Waals surface area contributed by atoms with E-state index in [1.807, 2.05) is 0 Å². The number of carbonyl (C=O) groups excluding carboxylic acids is 1. The van der Waals surface area contributed by atoms with Crippen LogP contribution in [0, 0.1) is 14.9 Å². The monoisotopic (exact) mass is 366 g/mol. The highest BCUT2D eigenvalue weighted by molar-refractivity contribution is 14.1. The first kappa shape index (κ1) is 14.8. The minimum absolute atomic E-state index is 0.0835. The predicted molar refractivity (Wildman–Crippen MR) is 67.0 cm³/mol. The molecule has 4 nitrogen and oxygen atoms in total. The molecule has 0 aromatic carbocycles. The number of hydrogen-bond acceptors (Lipinski definition) is 4. The van der Waals surface area contributed by atoms with E-state index < -0.39 is 18.1 Å². The zero-order chi connectivity index (χ0) is 13.7. The average molecular weight is 366 g/mol. The number of pyridine rings is 1. The Labute approximate surface area is 116 Å². The van der Waals surface area contributed by atoms with E-state index in [9.17, 15) is 13.6 Å². The summed E-state index contributed by atoms with van der Waals surface area (Å²) in [7, 11) is 0. The molecule has 0 aliphatic carbocycles. The van der Waals surface area contributed by atoms with Crippen molar-refractivity contribution in [2.75, 3.05) is 6.61 Å². The summed E-state index contributed by atoms with van der Waals surface area (Å²) in [5, 5.41) is 8.84. The highest BCUT2D eigenvalue weighted by Crippen LogP contribution is 2.23. The summed E-state index contributed by atoms with van der Waals surface area (Å²) in [5.74, 6) is -0.557. The van der Waals surface area contributed by atoms with Crippen LogP contribution in [0.1, 0.15) is 30.3 Å². The van der Waals surface area contributed by atoms with Crippen LogP contribution < -0.4 is 0 Å². The van der Waals surface area contributed by atoms with Gasteiger partial charge in [-0.2, -0.15) is 5.26 Å². The first-order valence-corrected chi connectivity index (χ1v) is 6.10. The lowest BCUT2D eigenvalue weighted by Crippen LogP contribution is -2.12. The summed E-state index contributed by atoms with van der Waals surface area (Å²) in [5.41, 5.74) is -0.283. The molecule has 1 aromatic rings. The molecule has 0 radical (unpaired) electrons. The maximum Gasteiger partial charge on any atom is 0.311 e. The minimum Gasteiger partial charge on any atom is -0.466 e. The lowest BCUT2D eigenvalue weighted by Gasteiger charge is -2.08. The van der Waals surface area contributed by atoms with Gasteiger partial charge in [-0.25, -0.2) is 8.78 Å². The fraction of sp³-hybridized carbons (Fsp3) is 0.364. The molecule has 7 heteroatoms. The van der Waals surface area contributed by atoms with Crippen molar-refractivity contribution < 1.29 is 18.3 Å². The van der Waals surface area contributed by atoms with Gasteiger partial charge in [0.1, 0.15) is 11.8 Å². The molecular formula is C11H9F2IN2O2. The van der Waals surface area contributed by atoms with Gasteiger partial charge in [0.05, 0.1) is 27.9 Å². The Morgan fingerprint density at radius 3 is 2.83 bits per heavy atom. The zero-order valence-corrected chi connectivity index (χ0v) is 11.6. The lowest BCUT2D eigenvalue weighted by molar-refractivity contribution is -0.142. The number of halogens is 3. The number of rotatable bonds is 4. The normalized spacial score (nSPS) is 10.2. The maximum atomic E-state index is 12.6. The topological polar surface area (TPSA) is 63.0 Å². The highest BCUT2D eigenvalue weighted by Gasteiger charge is 2.18. The Morgan fingerprint density at radius 1 is 1.67 bits per heavy atom. The van der Waals surface area contributed by atoms with Gasteiger partial charge in [-0.1, -0.05) is 0 Å². The van der Waals surface area contributed by atoms with E-state index in [0.29, 0.717) is 3.57 Å². The van der Waals surface area contributed by atoms with E-state index in [1.165, 1.54) is 0 Å². The first-order chi connectivity index (χ1) is 8.49. The largest absolute Gasteiger partial charge is 0.466 e. The van der Waals surface area contributed by atoms with Gasteiger partial charge in [0.2, 0.25) is 0 Å². The number of nitriles is 1. The summed E-state index contributed by atoms with van der Waals surface area (Å²) in [6.45, 7) is 1.85. The van der Waals surface area contributed by atoms with Crippen molar-refractivity contribution in [3.05, 3.63) is 26.6 Å². The molecule has 0 spiro atoms. The quantitative estimate of drug-likeness (QED) is 0.607. The summed E-state index contributed by atoms with van der Waals surface area (Å²) in [6.07, 6.45) is -3.00. The van der Waals surface area contributed by atoms with Crippen molar-refractivity contribution >= 4 is 28.6 Å². The van der Waals surface area contributed by atoms with Crippen LogP contribution in [0.25, 0.3) is 0 Å². The van der Waals surface area contributed by atoms with Crippen molar-refractivity contribution in [3.63, 3.8) is 0 Å². The van der Waals surface area contributed by atoms with E-state index >= 15 is 0 Å². The van der Waals surface area contributed by atoms with Crippen LogP contribution in [-0.2, 0) is 16.0 Å². The number of aromatic nitrogens is 1. The molecule has 0 aliphatic heterocycles. The molecule has 0 saturated carbocycles. The van der Waals surface area contributed by atoms with E-state index in [0.717, 1.165) is 6.07 Å². The van der Waals surface area contributed by atoms with Crippen molar-refractivity contribution in [2.45, 2.75) is 19.8 Å². The van der Waals surface area contributed by atoms with E-state index in [-0.39, 0.29) is 24.3 Å². The molecule has 0 atom stereocenters. The highest BCUT2D eigenvalue weighted by atomic mass is 127. The van der Waals surface area contributed by atoms with E-state index in [4.69, 9.17) is 10.00 Å². The van der Waals surface area contributed by atoms with E-state index in [2.05, 4.69) is 4.98 Å². The predicted octanol–water partition coefficient (Wildman–Crippen LogP) is 2.60. The third-order valence-corrected chi connectivity index (χ3v) is 3.21. The second kappa shape index (κ2) is 6.58. The summed E-state index contributed by atoms with van der Waals surface area (Å²) >= 11 is 1.81. The molecule has 0 fully saturated rings. The fourth-order valence-corrected chi connectivity index (χ4v) is 1.85. The van der Waals surface area contributed by atoms with Gasteiger partial charge in [-0.15, -0.1) is 0 Å². The first-order valence-electron chi connectivity index (χ1n) is 5.02. The SMILES string of the molecule is CCOC(=O)Cc1nc(C(F)F)cc(C#N)c1I. The minimum atomic E-state index is -2.78. The van der Waals surface area contributed by atoms with Crippen LogP contribution in [0.3, 0.4) is 0 Å². The second-order valence-corrected chi connectivity index (χ2v) is 4.33. The standard InChI is InChI=1S/C11H9F2IN2O2/c1-2-18-9(17)4-7-10(14)6(5-15)3-8(16-7)11(12)13/h3,11H,2,4H2,1H3. The number of carbonyl (C=O) groups is 1. The molecule has 1 aromatic heterocycles.